The van der Waals surface area contributed by atoms with E-state index in [1.807, 2.05) is 0 Å². The lowest BCUT2D eigenvalue weighted by atomic mass is 9.71. The summed E-state index contributed by atoms with van der Waals surface area (Å²) < 4.78 is 1.37. The summed E-state index contributed by atoms with van der Waals surface area (Å²) in [5.74, 6) is 0. The summed E-state index contributed by atoms with van der Waals surface area (Å²) in [6.07, 6.45) is 11.6. The van der Waals surface area contributed by atoms with E-state index >= 15 is 0 Å². The molecule has 2 heteroatoms. The van der Waals surface area contributed by atoms with Crippen LogP contribution in [0.15, 0.2) is 18.2 Å². The number of benzene rings is 1. The molecular formula is C17H24IN. The predicted octanol–water partition coefficient (Wildman–Crippen LogP) is 5.51. The number of hydrogen-bond donors (Lipinski definition) is 1. The third-order valence-corrected chi connectivity index (χ3v) is 6.42. The fourth-order valence-corrected chi connectivity index (χ4v) is 4.43. The van der Waals surface area contributed by atoms with Gasteiger partial charge < -0.3 is 5.32 Å². The van der Waals surface area contributed by atoms with Crippen molar-refractivity contribution in [1.29, 1.82) is 0 Å². The van der Waals surface area contributed by atoms with E-state index in [1.165, 1.54) is 66.2 Å². The Morgan fingerprint density at radius 2 is 1.79 bits per heavy atom. The van der Waals surface area contributed by atoms with Gasteiger partial charge in [0.2, 0.25) is 0 Å². The van der Waals surface area contributed by atoms with Crippen molar-refractivity contribution >= 4 is 28.3 Å². The van der Waals surface area contributed by atoms with E-state index in [1.54, 1.807) is 0 Å². The number of halogens is 1. The van der Waals surface area contributed by atoms with Crippen molar-refractivity contribution in [3.63, 3.8) is 0 Å². The van der Waals surface area contributed by atoms with Crippen LogP contribution in [0.2, 0.25) is 0 Å². The molecule has 0 saturated heterocycles. The van der Waals surface area contributed by atoms with E-state index in [4.69, 9.17) is 0 Å². The fourth-order valence-electron chi connectivity index (χ4n) is 3.92. The summed E-state index contributed by atoms with van der Waals surface area (Å²) in [6.45, 7) is 2.18. The quantitative estimate of drug-likeness (QED) is 0.678. The largest absolute Gasteiger partial charge is 0.382 e. The lowest BCUT2D eigenvalue weighted by Gasteiger charge is -2.38. The van der Waals surface area contributed by atoms with Gasteiger partial charge in [-0.15, -0.1) is 0 Å². The first kappa shape index (κ1) is 13.7. The lowest BCUT2D eigenvalue weighted by Crippen LogP contribution is -2.31. The Labute approximate surface area is 130 Å². The van der Waals surface area contributed by atoms with E-state index in [0.717, 1.165) is 5.41 Å². The summed E-state index contributed by atoms with van der Waals surface area (Å²) in [5, 5.41) is 3.75. The lowest BCUT2D eigenvalue weighted by molar-refractivity contribution is 0.188. The van der Waals surface area contributed by atoms with Crippen molar-refractivity contribution in [3.8, 4) is 0 Å². The van der Waals surface area contributed by atoms with Gasteiger partial charge in [0, 0.05) is 15.3 Å². The van der Waals surface area contributed by atoms with Crippen molar-refractivity contribution < 1.29 is 0 Å². The van der Waals surface area contributed by atoms with Gasteiger partial charge in [-0.25, -0.2) is 0 Å². The maximum absolute atomic E-state index is 3.75. The summed E-state index contributed by atoms with van der Waals surface area (Å²) in [5.41, 5.74) is 3.43. The molecule has 1 nitrogen and oxygen atoms in total. The summed E-state index contributed by atoms with van der Waals surface area (Å²) in [6, 6.07) is 7.45. The molecule has 1 spiro atoms. The molecule has 0 bridgehead atoms. The molecular weight excluding hydrogens is 345 g/mol. The van der Waals surface area contributed by atoms with Gasteiger partial charge in [0.25, 0.3) is 0 Å². The van der Waals surface area contributed by atoms with Crippen molar-refractivity contribution in [2.45, 2.75) is 64.3 Å². The first-order chi connectivity index (χ1) is 9.17. The molecule has 1 N–H and O–H groups in total. The van der Waals surface area contributed by atoms with E-state index in [0.29, 0.717) is 6.04 Å². The van der Waals surface area contributed by atoms with Crippen LogP contribution in [0.1, 0.15) is 56.9 Å². The Morgan fingerprint density at radius 3 is 2.42 bits per heavy atom. The van der Waals surface area contributed by atoms with Crippen LogP contribution in [0, 0.1) is 15.9 Å². The molecule has 0 heterocycles. The zero-order valence-electron chi connectivity index (χ0n) is 11.8. The van der Waals surface area contributed by atoms with Gasteiger partial charge >= 0.3 is 0 Å². The molecule has 104 valence electrons. The second kappa shape index (κ2) is 5.63. The molecule has 2 fully saturated rings. The monoisotopic (exact) mass is 369 g/mol. The Morgan fingerprint density at radius 1 is 1.11 bits per heavy atom. The van der Waals surface area contributed by atoms with Crippen molar-refractivity contribution in [2.24, 2.45) is 5.41 Å². The number of rotatable bonds is 2. The van der Waals surface area contributed by atoms with Crippen molar-refractivity contribution in [1.82, 2.24) is 0 Å². The van der Waals surface area contributed by atoms with Gasteiger partial charge in [-0.1, -0.05) is 18.9 Å². The number of aryl methyl sites for hydroxylation is 1. The first-order valence-electron chi connectivity index (χ1n) is 7.70. The van der Waals surface area contributed by atoms with Crippen LogP contribution in [0.4, 0.5) is 5.69 Å². The molecule has 0 radical (unpaired) electrons. The minimum atomic E-state index is 0.699. The standard InChI is InChI=1S/C17H24IN/c1-13-4-5-15(12-16(13)18)19-14-6-10-17(11-7-14)8-2-3-9-17/h4-5,12,14,19H,2-3,6-11H2,1H3. The molecule has 0 aromatic heterocycles. The average molecular weight is 369 g/mol. The predicted molar refractivity (Wildman–Crippen MR) is 90.7 cm³/mol. The number of hydrogen-bond acceptors (Lipinski definition) is 1. The molecule has 2 saturated carbocycles. The average Bonchev–Trinajstić information content (AvgIpc) is 2.86. The van der Waals surface area contributed by atoms with E-state index in [-0.39, 0.29) is 0 Å². The highest BCUT2D eigenvalue weighted by Crippen LogP contribution is 2.49. The minimum Gasteiger partial charge on any atom is -0.382 e. The van der Waals surface area contributed by atoms with Gasteiger partial charge in [-0.3, -0.25) is 0 Å². The van der Waals surface area contributed by atoms with Crippen molar-refractivity contribution in [3.05, 3.63) is 27.3 Å². The SMILES string of the molecule is Cc1ccc(NC2CCC3(CCCC3)CC2)cc1I. The highest BCUT2D eigenvalue weighted by molar-refractivity contribution is 14.1. The molecule has 0 atom stereocenters. The van der Waals surface area contributed by atoms with Crippen LogP contribution in [0.5, 0.6) is 0 Å². The highest BCUT2D eigenvalue weighted by Gasteiger charge is 2.37. The molecule has 0 aliphatic heterocycles. The Bertz CT molecular complexity index is 439. The van der Waals surface area contributed by atoms with Crippen LogP contribution < -0.4 is 5.32 Å². The van der Waals surface area contributed by atoms with Gasteiger partial charge in [0.05, 0.1) is 0 Å². The zero-order valence-corrected chi connectivity index (χ0v) is 14.0. The first-order valence-corrected chi connectivity index (χ1v) is 8.78. The third-order valence-electron chi connectivity index (χ3n) is 5.25. The maximum Gasteiger partial charge on any atom is 0.0353 e. The molecule has 1 aromatic rings. The Balaban J connectivity index is 1.58. The van der Waals surface area contributed by atoms with Crippen molar-refractivity contribution in [2.75, 3.05) is 5.32 Å². The van der Waals surface area contributed by atoms with Crippen LogP contribution in [-0.2, 0) is 0 Å². The van der Waals surface area contributed by atoms with Gasteiger partial charge in [0.15, 0.2) is 0 Å². The van der Waals surface area contributed by atoms with Crippen LogP contribution in [-0.4, -0.2) is 6.04 Å². The number of anilines is 1. The molecule has 19 heavy (non-hydrogen) atoms. The van der Waals surface area contributed by atoms with Crippen LogP contribution in [0.25, 0.3) is 0 Å². The Hall–Kier alpha value is -0.250. The molecule has 2 aliphatic carbocycles. The molecule has 0 amide bonds. The normalized spacial score (nSPS) is 22.8. The summed E-state index contributed by atoms with van der Waals surface area (Å²) in [7, 11) is 0. The van der Waals surface area contributed by atoms with Gasteiger partial charge in [-0.05, 0) is 91.2 Å². The smallest absolute Gasteiger partial charge is 0.0353 e. The Kier molecular flexibility index (Phi) is 4.06. The van der Waals surface area contributed by atoms with E-state index < -0.39 is 0 Å². The summed E-state index contributed by atoms with van der Waals surface area (Å²) >= 11 is 2.43. The number of nitrogens with one attached hydrogen (secondary N) is 1. The molecule has 2 aliphatic rings. The summed E-state index contributed by atoms with van der Waals surface area (Å²) in [4.78, 5) is 0. The third kappa shape index (κ3) is 3.09. The highest BCUT2D eigenvalue weighted by atomic mass is 127. The van der Waals surface area contributed by atoms with E-state index in [9.17, 15) is 0 Å². The van der Waals surface area contributed by atoms with E-state index in [2.05, 4.69) is 53.0 Å². The topological polar surface area (TPSA) is 12.0 Å². The van der Waals surface area contributed by atoms with Crippen LogP contribution >= 0.6 is 22.6 Å². The van der Waals surface area contributed by atoms with Gasteiger partial charge in [-0.2, -0.15) is 0 Å². The second-order valence-corrected chi connectivity index (χ2v) is 7.75. The maximum atomic E-state index is 3.75. The zero-order chi connectivity index (χ0) is 13.3. The molecule has 0 unspecified atom stereocenters. The minimum absolute atomic E-state index is 0.699. The molecule has 3 rings (SSSR count). The van der Waals surface area contributed by atoms with Gasteiger partial charge in [0.1, 0.15) is 0 Å². The fraction of sp³-hybridized carbons (Fsp3) is 0.647. The molecule has 1 aromatic carbocycles. The second-order valence-electron chi connectivity index (χ2n) is 6.59. The van der Waals surface area contributed by atoms with Crippen LogP contribution in [0.3, 0.4) is 0 Å².